The van der Waals surface area contributed by atoms with E-state index in [1.807, 2.05) is 6.92 Å². The lowest BCUT2D eigenvalue weighted by Crippen LogP contribution is -2.41. The van der Waals surface area contributed by atoms with Crippen molar-refractivity contribution in [2.75, 3.05) is 19.7 Å². The molecule has 2 N–H and O–H groups in total. The topological polar surface area (TPSA) is 105 Å². The Morgan fingerprint density at radius 1 is 1.03 bits per heavy atom. The summed E-state index contributed by atoms with van der Waals surface area (Å²) in [6.45, 7) is 6.46. The largest absolute Gasteiger partial charge is 0.493 e. The lowest BCUT2D eigenvalue weighted by Gasteiger charge is -2.18. The molecule has 0 fully saturated rings. The van der Waals surface area contributed by atoms with Crippen molar-refractivity contribution in [2.24, 2.45) is 0 Å². The number of sulfonamides is 1. The van der Waals surface area contributed by atoms with Crippen molar-refractivity contribution in [3.05, 3.63) is 58.6 Å². The van der Waals surface area contributed by atoms with E-state index < -0.39 is 15.9 Å². The molecule has 0 aliphatic rings. The van der Waals surface area contributed by atoms with E-state index in [9.17, 15) is 18.0 Å². The first-order chi connectivity index (χ1) is 15.2. The van der Waals surface area contributed by atoms with Gasteiger partial charge in [0.25, 0.3) is 5.91 Å². The molecule has 2 rings (SSSR count). The molecule has 0 heterocycles. The maximum absolute atomic E-state index is 12.5. The van der Waals surface area contributed by atoms with E-state index in [1.165, 1.54) is 28.6 Å². The van der Waals surface area contributed by atoms with Crippen molar-refractivity contribution in [3.63, 3.8) is 0 Å². The van der Waals surface area contributed by atoms with E-state index in [1.54, 1.807) is 32.0 Å². The van der Waals surface area contributed by atoms with Crippen molar-refractivity contribution in [3.8, 4) is 5.75 Å². The van der Waals surface area contributed by atoms with E-state index >= 15 is 0 Å². The Hall–Kier alpha value is -2.62. The SMILES string of the molecule is CCN(CC)S(=O)(=O)c1ccc(C(=O)NNC(=O)CCCOc2ccc(Cl)cc2C)cc1. The molecular formula is C22H28ClN3O5S. The van der Waals surface area contributed by atoms with E-state index in [2.05, 4.69) is 10.9 Å². The first kappa shape index (κ1) is 25.6. The average Bonchev–Trinajstić information content (AvgIpc) is 2.77. The fraction of sp³-hybridized carbons (Fsp3) is 0.364. The van der Waals surface area contributed by atoms with Crippen LogP contribution in [0.4, 0.5) is 0 Å². The summed E-state index contributed by atoms with van der Waals surface area (Å²) in [6, 6.07) is 10.9. The van der Waals surface area contributed by atoms with Gasteiger partial charge in [-0.2, -0.15) is 4.31 Å². The van der Waals surface area contributed by atoms with Crippen molar-refractivity contribution in [1.82, 2.24) is 15.2 Å². The smallest absolute Gasteiger partial charge is 0.269 e. The van der Waals surface area contributed by atoms with Crippen LogP contribution in [0.2, 0.25) is 5.02 Å². The van der Waals surface area contributed by atoms with Crippen LogP contribution in [-0.4, -0.2) is 44.2 Å². The van der Waals surface area contributed by atoms with Gasteiger partial charge in [-0.15, -0.1) is 0 Å². The van der Waals surface area contributed by atoms with E-state index in [4.69, 9.17) is 16.3 Å². The van der Waals surface area contributed by atoms with Gasteiger partial charge in [-0.05, 0) is 61.4 Å². The Kier molecular flexibility index (Phi) is 9.49. The number of hydrogen-bond acceptors (Lipinski definition) is 5. The number of nitrogens with zero attached hydrogens (tertiary/aromatic N) is 1. The molecule has 0 unspecified atom stereocenters. The van der Waals surface area contributed by atoms with Gasteiger partial charge in [0, 0.05) is 30.1 Å². The third-order valence-corrected chi connectivity index (χ3v) is 7.02. The summed E-state index contributed by atoms with van der Waals surface area (Å²) >= 11 is 5.90. The molecule has 2 amide bonds. The summed E-state index contributed by atoms with van der Waals surface area (Å²) in [5.41, 5.74) is 5.80. The second-order valence-electron chi connectivity index (χ2n) is 6.98. The number of hydrazine groups is 1. The molecule has 2 aromatic rings. The van der Waals surface area contributed by atoms with Crippen LogP contribution >= 0.6 is 11.6 Å². The zero-order valence-corrected chi connectivity index (χ0v) is 19.9. The van der Waals surface area contributed by atoms with Crippen LogP contribution in [0.15, 0.2) is 47.4 Å². The van der Waals surface area contributed by atoms with Gasteiger partial charge in [0.05, 0.1) is 11.5 Å². The number of hydrogen-bond donors (Lipinski definition) is 2. The lowest BCUT2D eigenvalue weighted by atomic mass is 10.2. The van der Waals surface area contributed by atoms with Gasteiger partial charge in [-0.1, -0.05) is 25.4 Å². The molecule has 0 aliphatic carbocycles. The molecule has 0 radical (unpaired) electrons. The molecule has 0 saturated heterocycles. The van der Waals surface area contributed by atoms with Gasteiger partial charge in [0.15, 0.2) is 0 Å². The highest BCUT2D eigenvalue weighted by atomic mass is 35.5. The molecule has 0 bridgehead atoms. The van der Waals surface area contributed by atoms with Gasteiger partial charge in [0.1, 0.15) is 5.75 Å². The van der Waals surface area contributed by atoms with Crippen molar-refractivity contribution >= 4 is 33.4 Å². The molecule has 174 valence electrons. The van der Waals surface area contributed by atoms with E-state index in [0.29, 0.717) is 36.9 Å². The normalized spacial score (nSPS) is 11.3. The third kappa shape index (κ3) is 6.94. The highest BCUT2D eigenvalue weighted by molar-refractivity contribution is 7.89. The first-order valence-corrected chi connectivity index (χ1v) is 12.1. The quantitative estimate of drug-likeness (QED) is 0.400. The lowest BCUT2D eigenvalue weighted by molar-refractivity contribution is -0.122. The molecule has 10 heteroatoms. The van der Waals surface area contributed by atoms with Crippen LogP contribution in [0.5, 0.6) is 5.75 Å². The molecule has 0 aliphatic heterocycles. The molecule has 8 nitrogen and oxygen atoms in total. The Morgan fingerprint density at radius 2 is 1.69 bits per heavy atom. The maximum Gasteiger partial charge on any atom is 0.269 e. The molecular weight excluding hydrogens is 454 g/mol. The summed E-state index contributed by atoms with van der Waals surface area (Å²) in [4.78, 5) is 24.3. The number of benzene rings is 2. The van der Waals surface area contributed by atoms with Gasteiger partial charge < -0.3 is 4.74 Å². The summed E-state index contributed by atoms with van der Waals surface area (Å²) in [7, 11) is -3.59. The zero-order valence-electron chi connectivity index (χ0n) is 18.4. The zero-order chi connectivity index (χ0) is 23.7. The van der Waals surface area contributed by atoms with Gasteiger partial charge in [0.2, 0.25) is 15.9 Å². The molecule has 2 aromatic carbocycles. The van der Waals surface area contributed by atoms with E-state index in [0.717, 1.165) is 5.56 Å². The number of rotatable bonds is 10. The molecule has 0 spiro atoms. The predicted molar refractivity (Wildman–Crippen MR) is 123 cm³/mol. The minimum absolute atomic E-state index is 0.109. The van der Waals surface area contributed by atoms with Crippen LogP contribution in [0.3, 0.4) is 0 Å². The Balaban J connectivity index is 1.78. The number of nitrogens with one attached hydrogen (secondary N) is 2. The van der Waals surface area contributed by atoms with Crippen molar-refractivity contribution in [1.29, 1.82) is 0 Å². The molecule has 0 atom stereocenters. The van der Waals surface area contributed by atoms with Gasteiger partial charge in [-0.3, -0.25) is 20.4 Å². The van der Waals surface area contributed by atoms with Crippen molar-refractivity contribution in [2.45, 2.75) is 38.5 Å². The summed E-state index contributed by atoms with van der Waals surface area (Å²) in [5, 5.41) is 0.630. The maximum atomic E-state index is 12.5. The summed E-state index contributed by atoms with van der Waals surface area (Å²) < 4.78 is 31.9. The first-order valence-electron chi connectivity index (χ1n) is 10.3. The van der Waals surface area contributed by atoms with Gasteiger partial charge in [-0.25, -0.2) is 8.42 Å². The number of carbonyl (C=O) groups excluding carboxylic acids is 2. The minimum atomic E-state index is -3.59. The number of amides is 2. The fourth-order valence-corrected chi connectivity index (χ4v) is 4.63. The number of aryl methyl sites for hydroxylation is 1. The number of carbonyl (C=O) groups is 2. The molecule has 0 saturated carbocycles. The Morgan fingerprint density at radius 3 is 2.28 bits per heavy atom. The Labute approximate surface area is 193 Å². The number of halogens is 1. The van der Waals surface area contributed by atoms with Crippen LogP contribution in [-0.2, 0) is 14.8 Å². The van der Waals surface area contributed by atoms with Crippen LogP contribution < -0.4 is 15.6 Å². The average molecular weight is 482 g/mol. The van der Waals surface area contributed by atoms with Crippen LogP contribution in [0.1, 0.15) is 42.6 Å². The van der Waals surface area contributed by atoms with Crippen LogP contribution in [0.25, 0.3) is 0 Å². The highest BCUT2D eigenvalue weighted by Gasteiger charge is 2.21. The fourth-order valence-electron chi connectivity index (χ4n) is 2.94. The second-order valence-corrected chi connectivity index (χ2v) is 9.35. The second kappa shape index (κ2) is 11.8. The molecule has 32 heavy (non-hydrogen) atoms. The molecule has 0 aromatic heterocycles. The Bertz CT molecular complexity index is 1040. The minimum Gasteiger partial charge on any atom is -0.493 e. The predicted octanol–water partition coefficient (Wildman–Crippen LogP) is 3.30. The standard InChI is InChI=1S/C22H28ClN3O5S/c1-4-26(5-2)32(29,30)19-11-8-17(9-12-19)22(28)25-24-21(27)7-6-14-31-20-13-10-18(23)15-16(20)3/h8-13,15H,4-7,14H2,1-3H3,(H,24,27)(H,25,28). The van der Waals surface area contributed by atoms with Crippen molar-refractivity contribution < 1.29 is 22.7 Å². The third-order valence-electron chi connectivity index (χ3n) is 4.72. The highest BCUT2D eigenvalue weighted by Crippen LogP contribution is 2.22. The monoisotopic (exact) mass is 481 g/mol. The summed E-state index contributed by atoms with van der Waals surface area (Å²) in [6.07, 6.45) is 0.621. The number of ether oxygens (including phenoxy) is 1. The van der Waals surface area contributed by atoms with E-state index in [-0.39, 0.29) is 22.8 Å². The van der Waals surface area contributed by atoms with Crippen LogP contribution in [0, 0.1) is 6.92 Å². The van der Waals surface area contributed by atoms with Gasteiger partial charge >= 0.3 is 0 Å². The summed E-state index contributed by atoms with van der Waals surface area (Å²) in [5.74, 6) is -0.205.